The van der Waals surface area contributed by atoms with Crippen LogP contribution in [0.3, 0.4) is 0 Å². The Hall–Kier alpha value is -5.64. The van der Waals surface area contributed by atoms with Crippen LogP contribution in [0.1, 0.15) is 255 Å². The van der Waals surface area contributed by atoms with E-state index in [9.17, 15) is 39.3 Å². The lowest BCUT2D eigenvalue weighted by Gasteiger charge is -2.19. The van der Waals surface area contributed by atoms with E-state index >= 15 is 0 Å². The van der Waals surface area contributed by atoms with E-state index < -0.39 is 24.0 Å². The molecule has 2 unspecified atom stereocenters. The normalized spacial score (nSPS) is 12.0. The summed E-state index contributed by atoms with van der Waals surface area (Å²) in [6.07, 6.45) is 35.1. The predicted molar refractivity (Wildman–Crippen MR) is 348 cm³/mol. The molecule has 2 atom stereocenters. The van der Waals surface area contributed by atoms with E-state index in [2.05, 4.69) is 67.6 Å². The first kappa shape index (κ1) is 76.6. The first-order valence-corrected chi connectivity index (χ1v) is 34.3. The molecule has 0 bridgehead atoms. The number of benzene rings is 1. The first-order chi connectivity index (χ1) is 42.9. The van der Waals surface area contributed by atoms with Gasteiger partial charge in [0.1, 0.15) is 6.61 Å². The molecule has 0 spiro atoms. The molecule has 500 valence electrons. The number of nitrogens with one attached hydrogen (secondary N) is 6. The van der Waals surface area contributed by atoms with Crippen molar-refractivity contribution in [1.82, 2.24) is 46.1 Å². The minimum Gasteiger partial charge on any atom is -0.492 e. The zero-order valence-electron chi connectivity index (χ0n) is 54.4. The second-order valence-electron chi connectivity index (χ2n) is 23.6. The quantitative estimate of drug-likeness (QED) is 0.0187. The summed E-state index contributed by atoms with van der Waals surface area (Å²) < 4.78 is 18.4. The molecule has 0 radical (unpaired) electrons. The van der Waals surface area contributed by atoms with Gasteiger partial charge in [-0.1, -0.05) is 193 Å². The topological polar surface area (TPSA) is 290 Å². The minimum absolute atomic E-state index is 0.0794. The van der Waals surface area contributed by atoms with Gasteiger partial charge in [0.2, 0.25) is 17.7 Å². The second kappa shape index (κ2) is 51.1. The number of hydrogen-bond donors (Lipinski definition) is 9. The number of aromatic hydroxyl groups is 2. The van der Waals surface area contributed by atoms with Crippen molar-refractivity contribution in [3.05, 3.63) is 35.4 Å². The number of aliphatic hydroxyl groups excluding tert-OH is 1. The van der Waals surface area contributed by atoms with Gasteiger partial charge in [0.25, 0.3) is 17.8 Å². The van der Waals surface area contributed by atoms with E-state index in [1.165, 1.54) is 133 Å². The molecule has 0 fully saturated rings. The summed E-state index contributed by atoms with van der Waals surface area (Å²) in [5.41, 5.74) is 1.46. The zero-order chi connectivity index (χ0) is 63.5. The molecule has 3 aromatic rings. The number of carbonyl (C=O) groups is 5. The molecule has 0 aliphatic carbocycles. The van der Waals surface area contributed by atoms with Crippen molar-refractivity contribution in [3.8, 4) is 11.9 Å². The standard InChI is InChI=1S/C67H116N10O11/c1-4-7-10-12-14-16-18-20-22-24-26-28-30-36-59(80)87-52-56(88-60(81)37-31-29-27-25-23-21-19-17-15-13-11-8-5-2)51-86-53-57(78)64(83)71-48-35-45-69-43-33-32-42-68-44-34-47-70-58(79)49-73-63(82)55-40-38-54(39-41-55)50-77-62-61(74-67(77)85)65(84)76-66(75-62)72-46-9-6-3/h38-41,56-57,68-69,78H,4-37,42-53H2,1-3H3,(H,70,79)(H,71,83)(H,73,82)(H,74,85)(H2,72,75,76,84). The molecule has 21 heteroatoms. The Morgan fingerprint density at radius 2 is 1.01 bits per heavy atom. The van der Waals surface area contributed by atoms with E-state index in [0.29, 0.717) is 44.6 Å². The number of fused-ring (bicyclic) bond motifs is 1. The van der Waals surface area contributed by atoms with Crippen LogP contribution >= 0.6 is 0 Å². The number of hydrogen-bond acceptors (Lipinski definition) is 17. The van der Waals surface area contributed by atoms with Gasteiger partial charge in [-0.3, -0.25) is 28.5 Å². The molecule has 0 saturated heterocycles. The highest BCUT2D eigenvalue weighted by Crippen LogP contribution is 2.27. The Labute approximate surface area is 527 Å². The van der Waals surface area contributed by atoms with Crippen molar-refractivity contribution in [3.63, 3.8) is 0 Å². The molecule has 0 aliphatic heterocycles. The number of rotatable bonds is 58. The first-order valence-electron chi connectivity index (χ1n) is 34.3. The van der Waals surface area contributed by atoms with Gasteiger partial charge in [0, 0.05) is 38.0 Å². The van der Waals surface area contributed by atoms with Gasteiger partial charge in [0.05, 0.1) is 26.3 Å². The van der Waals surface area contributed by atoms with Crippen LogP contribution in [0.4, 0.5) is 5.95 Å². The van der Waals surface area contributed by atoms with Crippen molar-refractivity contribution in [1.29, 1.82) is 0 Å². The van der Waals surface area contributed by atoms with Crippen LogP contribution in [0, 0.1) is 0 Å². The summed E-state index contributed by atoms with van der Waals surface area (Å²) in [6.45, 7) is 10.5. The summed E-state index contributed by atoms with van der Waals surface area (Å²) >= 11 is 0. The maximum absolute atomic E-state index is 12.9. The minimum atomic E-state index is -1.41. The largest absolute Gasteiger partial charge is 0.492 e. The molecule has 3 amide bonds. The number of aromatic nitrogens is 4. The summed E-state index contributed by atoms with van der Waals surface area (Å²) in [6, 6.07) is 6.39. The SMILES string of the molecule is CCCCCCCCCCCCCCCC(=O)OCC(COCC(O)C(=O)NCCCNCCCCNCCCNC(=O)CNC(=O)c1ccc(Cn2c(O)nc3c(O)nc(NCCCC)nc32)cc1)OC(=O)CCCCCCCCCCCCCCC. The van der Waals surface area contributed by atoms with Crippen LogP contribution in [0.25, 0.3) is 11.2 Å². The van der Waals surface area contributed by atoms with Crippen LogP contribution in [-0.2, 0) is 39.9 Å². The highest BCUT2D eigenvalue weighted by atomic mass is 16.6. The van der Waals surface area contributed by atoms with E-state index in [1.54, 1.807) is 24.3 Å². The highest BCUT2D eigenvalue weighted by molar-refractivity contribution is 5.96. The molecular weight excluding hydrogens is 1120 g/mol. The highest BCUT2D eigenvalue weighted by Gasteiger charge is 2.22. The van der Waals surface area contributed by atoms with Crippen LogP contribution < -0.4 is 31.9 Å². The van der Waals surface area contributed by atoms with Crippen molar-refractivity contribution in [2.24, 2.45) is 0 Å². The Balaban J connectivity index is 1.21. The van der Waals surface area contributed by atoms with Gasteiger partial charge in [-0.2, -0.15) is 15.0 Å². The van der Waals surface area contributed by atoms with Crippen molar-refractivity contribution < 1.29 is 53.5 Å². The lowest BCUT2D eigenvalue weighted by molar-refractivity contribution is -0.164. The molecule has 3 rings (SSSR count). The lowest BCUT2D eigenvalue weighted by Crippen LogP contribution is -2.39. The van der Waals surface area contributed by atoms with Crippen LogP contribution in [0.5, 0.6) is 11.9 Å². The predicted octanol–water partition coefficient (Wildman–Crippen LogP) is 11.0. The third kappa shape index (κ3) is 37.4. The molecular formula is C67H116N10O11. The average Bonchev–Trinajstić information content (AvgIpc) is 3.58. The molecule has 88 heavy (non-hydrogen) atoms. The second-order valence-corrected chi connectivity index (χ2v) is 23.6. The van der Waals surface area contributed by atoms with Gasteiger partial charge in [-0.25, -0.2) is 0 Å². The Bertz CT molecular complexity index is 2310. The summed E-state index contributed by atoms with van der Waals surface area (Å²) in [5, 5.41) is 49.5. The molecule has 2 aromatic heterocycles. The van der Waals surface area contributed by atoms with E-state index in [1.807, 2.05) is 0 Å². The van der Waals surface area contributed by atoms with E-state index in [-0.39, 0.29) is 86.2 Å². The third-order valence-corrected chi connectivity index (χ3v) is 15.6. The van der Waals surface area contributed by atoms with Gasteiger partial charge >= 0.3 is 11.9 Å². The summed E-state index contributed by atoms with van der Waals surface area (Å²) in [7, 11) is 0. The third-order valence-electron chi connectivity index (χ3n) is 15.6. The molecule has 9 N–H and O–H groups in total. The smallest absolute Gasteiger partial charge is 0.306 e. The number of aliphatic hydroxyl groups is 1. The number of carbonyl (C=O) groups excluding carboxylic acids is 5. The van der Waals surface area contributed by atoms with E-state index in [4.69, 9.17) is 14.2 Å². The number of imidazole rings is 1. The van der Waals surface area contributed by atoms with Crippen molar-refractivity contribution >= 4 is 46.8 Å². The van der Waals surface area contributed by atoms with Gasteiger partial charge in [0.15, 0.2) is 23.4 Å². The van der Waals surface area contributed by atoms with Crippen LogP contribution in [0.15, 0.2) is 24.3 Å². The Kier molecular flexibility index (Phi) is 44.5. The molecule has 1 aromatic carbocycles. The Morgan fingerprint density at radius 1 is 0.511 bits per heavy atom. The van der Waals surface area contributed by atoms with Gasteiger partial charge in [-0.15, -0.1) is 0 Å². The summed E-state index contributed by atoms with van der Waals surface area (Å²) in [4.78, 5) is 75.9. The number of anilines is 1. The molecule has 0 aliphatic rings. The fraction of sp³-hybridized carbons (Fsp3) is 0.761. The van der Waals surface area contributed by atoms with Crippen molar-refractivity contribution in [2.75, 3.05) is 77.5 Å². The number of unbranched alkanes of at least 4 members (excludes halogenated alkanes) is 26. The number of esters is 2. The van der Waals surface area contributed by atoms with Gasteiger partial charge < -0.3 is 61.4 Å². The maximum atomic E-state index is 12.9. The average molecular weight is 1240 g/mol. The number of ether oxygens (including phenoxy) is 3. The molecule has 21 nitrogen and oxygen atoms in total. The molecule has 2 heterocycles. The van der Waals surface area contributed by atoms with Crippen LogP contribution in [-0.4, -0.2) is 149 Å². The summed E-state index contributed by atoms with van der Waals surface area (Å²) in [5.74, 6) is -2.06. The Morgan fingerprint density at radius 3 is 1.56 bits per heavy atom. The van der Waals surface area contributed by atoms with Crippen molar-refractivity contribution in [2.45, 2.75) is 258 Å². The fourth-order valence-electron chi connectivity index (χ4n) is 10.2. The zero-order valence-corrected chi connectivity index (χ0v) is 54.4. The van der Waals surface area contributed by atoms with Crippen LogP contribution in [0.2, 0.25) is 0 Å². The fourth-order valence-corrected chi connectivity index (χ4v) is 10.2. The monoisotopic (exact) mass is 1240 g/mol. The molecule has 0 saturated carbocycles. The number of nitrogens with zero attached hydrogens (tertiary/aromatic N) is 4. The van der Waals surface area contributed by atoms with Gasteiger partial charge in [-0.05, 0) is 88.8 Å². The maximum Gasteiger partial charge on any atom is 0.306 e. The van der Waals surface area contributed by atoms with E-state index in [0.717, 1.165) is 95.8 Å². The number of amides is 3. The lowest BCUT2D eigenvalue weighted by atomic mass is 10.0.